The molecule has 0 heterocycles. The van der Waals surface area contributed by atoms with Crippen LogP contribution in [0.3, 0.4) is 0 Å². The molecule has 0 aliphatic heterocycles. The molecule has 0 aliphatic carbocycles. The highest BCUT2D eigenvalue weighted by molar-refractivity contribution is 7.89. The first-order chi connectivity index (χ1) is 8.95. The molecule has 1 atom stereocenters. The SMILES string of the molecule is COCCOCCOCCOCC(C)CS(N)(=O)=O. The molecule has 0 radical (unpaired) electrons. The number of hydrogen-bond acceptors (Lipinski definition) is 6. The molecule has 0 spiro atoms. The van der Waals surface area contributed by atoms with Gasteiger partial charge in [0.05, 0.1) is 52.0 Å². The highest BCUT2D eigenvalue weighted by Gasteiger charge is 2.10. The first-order valence-electron chi connectivity index (χ1n) is 6.18. The summed E-state index contributed by atoms with van der Waals surface area (Å²) >= 11 is 0. The van der Waals surface area contributed by atoms with Gasteiger partial charge in [0.25, 0.3) is 0 Å². The lowest BCUT2D eigenvalue weighted by Crippen LogP contribution is -2.24. The van der Waals surface area contributed by atoms with Crippen molar-refractivity contribution >= 4 is 10.0 Å². The zero-order valence-electron chi connectivity index (χ0n) is 11.7. The molecular weight excluding hydrogens is 274 g/mol. The van der Waals surface area contributed by atoms with Crippen molar-refractivity contribution in [1.29, 1.82) is 0 Å². The number of ether oxygens (including phenoxy) is 4. The summed E-state index contributed by atoms with van der Waals surface area (Å²) in [5.41, 5.74) is 0. The lowest BCUT2D eigenvalue weighted by molar-refractivity contribution is 0.000338. The van der Waals surface area contributed by atoms with Crippen molar-refractivity contribution in [1.82, 2.24) is 0 Å². The van der Waals surface area contributed by atoms with Crippen LogP contribution in [-0.2, 0) is 29.0 Å². The van der Waals surface area contributed by atoms with E-state index in [9.17, 15) is 8.42 Å². The van der Waals surface area contributed by atoms with E-state index in [0.29, 0.717) is 46.2 Å². The molecule has 7 nitrogen and oxygen atoms in total. The van der Waals surface area contributed by atoms with E-state index in [1.165, 1.54) is 0 Å². The third-order valence-electron chi connectivity index (χ3n) is 2.10. The molecule has 0 aliphatic rings. The van der Waals surface area contributed by atoms with Gasteiger partial charge in [-0.25, -0.2) is 13.6 Å². The summed E-state index contributed by atoms with van der Waals surface area (Å²) < 4.78 is 42.2. The second kappa shape index (κ2) is 11.6. The van der Waals surface area contributed by atoms with E-state index in [0.717, 1.165) is 0 Å². The largest absolute Gasteiger partial charge is 0.382 e. The number of rotatable bonds is 13. The quantitative estimate of drug-likeness (QED) is 0.465. The summed E-state index contributed by atoms with van der Waals surface area (Å²) in [5.74, 6) is -0.186. The van der Waals surface area contributed by atoms with Crippen LogP contribution in [0.1, 0.15) is 6.92 Å². The second-order valence-corrected chi connectivity index (χ2v) is 5.89. The Bertz CT molecular complexity index is 296. The van der Waals surface area contributed by atoms with Gasteiger partial charge in [0.1, 0.15) is 0 Å². The van der Waals surface area contributed by atoms with Gasteiger partial charge >= 0.3 is 0 Å². The Kier molecular flexibility index (Phi) is 11.4. The second-order valence-electron chi connectivity index (χ2n) is 4.23. The van der Waals surface area contributed by atoms with Crippen LogP contribution in [-0.4, -0.2) is 67.5 Å². The van der Waals surface area contributed by atoms with E-state index >= 15 is 0 Å². The molecule has 1 unspecified atom stereocenters. The third kappa shape index (κ3) is 15.7. The number of hydrogen-bond donors (Lipinski definition) is 1. The Morgan fingerprint density at radius 2 is 1.42 bits per heavy atom. The molecule has 19 heavy (non-hydrogen) atoms. The zero-order chi connectivity index (χ0) is 14.6. The summed E-state index contributed by atoms with van der Waals surface area (Å²) in [7, 11) is -1.80. The maximum absolute atomic E-state index is 10.8. The van der Waals surface area contributed by atoms with Crippen LogP contribution in [0, 0.1) is 5.92 Å². The number of sulfonamides is 1. The molecule has 0 saturated carbocycles. The molecule has 0 fully saturated rings. The van der Waals surface area contributed by atoms with Crippen LogP contribution in [0.2, 0.25) is 0 Å². The van der Waals surface area contributed by atoms with E-state index in [1.807, 2.05) is 0 Å². The van der Waals surface area contributed by atoms with Crippen LogP contribution in [0.15, 0.2) is 0 Å². The average molecular weight is 299 g/mol. The van der Waals surface area contributed by atoms with Crippen LogP contribution in [0.5, 0.6) is 0 Å². The first-order valence-corrected chi connectivity index (χ1v) is 7.90. The van der Waals surface area contributed by atoms with Gasteiger partial charge < -0.3 is 18.9 Å². The molecule has 0 aromatic carbocycles. The summed E-state index contributed by atoms with van der Waals surface area (Å²) in [6, 6.07) is 0. The van der Waals surface area contributed by atoms with Crippen molar-refractivity contribution in [2.45, 2.75) is 6.92 Å². The van der Waals surface area contributed by atoms with E-state index in [4.69, 9.17) is 24.1 Å². The van der Waals surface area contributed by atoms with Crippen LogP contribution in [0.25, 0.3) is 0 Å². The highest BCUT2D eigenvalue weighted by Crippen LogP contribution is 1.98. The lowest BCUT2D eigenvalue weighted by atomic mass is 10.2. The standard InChI is InChI=1S/C11H25NO6S/c1-11(10-19(12,13)14)9-18-8-7-17-6-5-16-4-3-15-2/h11H,3-10H2,1-2H3,(H2,12,13,14). The lowest BCUT2D eigenvalue weighted by Gasteiger charge is -2.11. The molecule has 0 rings (SSSR count). The number of nitrogens with two attached hydrogens (primary N) is 1. The smallest absolute Gasteiger partial charge is 0.209 e. The highest BCUT2D eigenvalue weighted by atomic mass is 32.2. The van der Waals surface area contributed by atoms with Crippen LogP contribution in [0.4, 0.5) is 0 Å². The summed E-state index contributed by atoms with van der Waals surface area (Å²) in [5, 5.41) is 4.93. The van der Waals surface area contributed by atoms with Crippen LogP contribution < -0.4 is 5.14 Å². The van der Waals surface area contributed by atoms with Gasteiger partial charge in [-0.1, -0.05) is 6.92 Å². The zero-order valence-corrected chi connectivity index (χ0v) is 12.5. The molecule has 2 N–H and O–H groups in total. The van der Waals surface area contributed by atoms with Crippen molar-refractivity contribution in [3.8, 4) is 0 Å². The van der Waals surface area contributed by atoms with Gasteiger partial charge in [0.2, 0.25) is 10.0 Å². The monoisotopic (exact) mass is 299 g/mol. The third-order valence-corrected chi connectivity index (χ3v) is 3.13. The van der Waals surface area contributed by atoms with E-state index in [2.05, 4.69) is 0 Å². The number of primary sulfonamides is 1. The minimum atomic E-state index is -3.42. The van der Waals surface area contributed by atoms with Crippen molar-refractivity contribution in [3.05, 3.63) is 0 Å². The van der Waals surface area contributed by atoms with E-state index in [-0.39, 0.29) is 11.7 Å². The number of methoxy groups -OCH3 is 1. The van der Waals surface area contributed by atoms with Crippen LogP contribution >= 0.6 is 0 Å². The predicted molar refractivity (Wildman–Crippen MR) is 71.5 cm³/mol. The molecule has 0 bridgehead atoms. The molecule has 8 heteroatoms. The molecule has 0 aromatic rings. The Hall–Kier alpha value is -0.250. The fourth-order valence-corrected chi connectivity index (χ4v) is 2.20. The van der Waals surface area contributed by atoms with Crippen molar-refractivity contribution in [2.75, 3.05) is 59.1 Å². The Morgan fingerprint density at radius 3 is 1.89 bits per heavy atom. The fraction of sp³-hybridized carbons (Fsp3) is 1.00. The molecule has 0 aromatic heterocycles. The van der Waals surface area contributed by atoms with Crippen molar-refractivity contribution in [3.63, 3.8) is 0 Å². The van der Waals surface area contributed by atoms with Crippen molar-refractivity contribution < 1.29 is 27.4 Å². The minimum absolute atomic E-state index is 0.0683. The molecular formula is C11H25NO6S. The maximum atomic E-state index is 10.8. The molecule has 116 valence electrons. The minimum Gasteiger partial charge on any atom is -0.382 e. The summed E-state index contributed by atoms with van der Waals surface area (Å²) in [4.78, 5) is 0. The molecule has 0 amide bonds. The Labute approximate surface area is 115 Å². The van der Waals surface area contributed by atoms with Gasteiger partial charge in [-0.3, -0.25) is 0 Å². The van der Waals surface area contributed by atoms with Crippen molar-refractivity contribution in [2.24, 2.45) is 11.1 Å². The van der Waals surface area contributed by atoms with Gasteiger partial charge in [-0.05, 0) is 5.92 Å². The Morgan fingerprint density at radius 1 is 0.947 bits per heavy atom. The van der Waals surface area contributed by atoms with Gasteiger partial charge in [0, 0.05) is 7.11 Å². The average Bonchev–Trinajstić information content (AvgIpc) is 2.29. The predicted octanol–water partition coefficient (Wildman–Crippen LogP) is -0.393. The topological polar surface area (TPSA) is 97.1 Å². The Balaban J connectivity index is 3.23. The maximum Gasteiger partial charge on any atom is 0.209 e. The normalized spacial score (nSPS) is 13.6. The first kappa shape index (κ1) is 18.8. The van der Waals surface area contributed by atoms with Gasteiger partial charge in [-0.2, -0.15) is 0 Å². The fourth-order valence-electron chi connectivity index (χ4n) is 1.31. The van der Waals surface area contributed by atoms with Gasteiger partial charge in [0.15, 0.2) is 0 Å². The van der Waals surface area contributed by atoms with E-state index < -0.39 is 10.0 Å². The van der Waals surface area contributed by atoms with E-state index in [1.54, 1.807) is 14.0 Å². The molecule has 0 saturated heterocycles. The summed E-state index contributed by atoms with van der Waals surface area (Å²) in [6.07, 6.45) is 0. The van der Waals surface area contributed by atoms with Gasteiger partial charge in [-0.15, -0.1) is 0 Å². The summed E-state index contributed by atoms with van der Waals surface area (Å²) in [6.45, 7) is 5.15.